The van der Waals surface area contributed by atoms with Crippen LogP contribution in [0.4, 0.5) is 8.78 Å². The smallest absolute Gasteiger partial charge is 0.305 e. The Balaban J connectivity index is 1.83. The number of carbonyl (C=O) groups is 2. The lowest BCUT2D eigenvalue weighted by Gasteiger charge is -2.24. The number of ether oxygens (including phenoxy) is 1. The van der Waals surface area contributed by atoms with Crippen LogP contribution >= 0.6 is 22.6 Å². The first-order valence-electron chi connectivity index (χ1n) is 10.7. The van der Waals surface area contributed by atoms with Gasteiger partial charge in [0.2, 0.25) is 5.91 Å². The standard InChI is InChI=1S/C23H30F2INO4/c1-2-31-22(30)7-5-3-4-6-16-27-19(13-15-21(27)29)12-14-20(28)23(24,25)17-8-10-18(26)11-9-17/h8-12,14,19-20,28H,2-7,13,15-16H2,1H3/b14-12+/t19-,20+/m0/s1. The van der Waals surface area contributed by atoms with Crippen molar-refractivity contribution in [2.45, 2.75) is 69.9 Å². The number of benzene rings is 1. The van der Waals surface area contributed by atoms with Gasteiger partial charge < -0.3 is 14.7 Å². The van der Waals surface area contributed by atoms with Crippen LogP contribution in [-0.2, 0) is 20.2 Å². The van der Waals surface area contributed by atoms with Crippen LogP contribution in [0.5, 0.6) is 0 Å². The second-order valence-electron chi connectivity index (χ2n) is 7.62. The van der Waals surface area contributed by atoms with Crippen LogP contribution in [-0.4, -0.2) is 47.2 Å². The number of aliphatic hydroxyl groups excluding tert-OH is 1. The fourth-order valence-electron chi connectivity index (χ4n) is 3.58. The summed E-state index contributed by atoms with van der Waals surface area (Å²) in [6.45, 7) is 2.70. The molecule has 8 heteroatoms. The lowest BCUT2D eigenvalue weighted by Crippen LogP contribution is -2.34. The summed E-state index contributed by atoms with van der Waals surface area (Å²) in [5, 5.41) is 10.1. The van der Waals surface area contributed by atoms with Crippen LogP contribution in [0.15, 0.2) is 36.4 Å². The van der Waals surface area contributed by atoms with Gasteiger partial charge in [-0.3, -0.25) is 9.59 Å². The molecule has 2 atom stereocenters. The third-order valence-electron chi connectivity index (χ3n) is 5.33. The first-order chi connectivity index (χ1) is 14.8. The van der Waals surface area contributed by atoms with E-state index in [0.29, 0.717) is 32.4 Å². The van der Waals surface area contributed by atoms with Crippen LogP contribution in [0.2, 0.25) is 0 Å². The molecule has 1 fully saturated rings. The fourth-order valence-corrected chi connectivity index (χ4v) is 3.94. The molecule has 1 aromatic carbocycles. The van der Waals surface area contributed by atoms with Gasteiger partial charge in [-0.1, -0.05) is 37.1 Å². The summed E-state index contributed by atoms with van der Waals surface area (Å²) in [6, 6.07) is 5.49. The number of hydrogen-bond acceptors (Lipinski definition) is 4. The van der Waals surface area contributed by atoms with Gasteiger partial charge in [-0.25, -0.2) is 0 Å². The number of alkyl halides is 2. The van der Waals surface area contributed by atoms with Gasteiger partial charge >= 0.3 is 11.9 Å². The lowest BCUT2D eigenvalue weighted by molar-refractivity contribution is -0.143. The minimum atomic E-state index is -3.41. The number of unbranched alkanes of at least 4 members (excludes halogenated alkanes) is 3. The maximum atomic E-state index is 14.5. The first-order valence-corrected chi connectivity index (χ1v) is 11.8. The molecule has 5 nitrogen and oxygen atoms in total. The Morgan fingerprint density at radius 1 is 1.29 bits per heavy atom. The molecule has 0 unspecified atom stereocenters. The van der Waals surface area contributed by atoms with Crippen molar-refractivity contribution in [2.75, 3.05) is 13.2 Å². The van der Waals surface area contributed by atoms with Gasteiger partial charge in [-0.2, -0.15) is 8.78 Å². The zero-order valence-electron chi connectivity index (χ0n) is 17.7. The molecule has 1 heterocycles. The number of nitrogens with zero attached hydrogens (tertiary/aromatic N) is 1. The Bertz CT molecular complexity index is 754. The molecule has 0 aromatic heterocycles. The van der Waals surface area contributed by atoms with E-state index in [2.05, 4.69) is 0 Å². The molecule has 1 saturated heterocycles. The SMILES string of the molecule is CCOC(=O)CCCCCCN1C(=O)CC[C@@H]1/C=C/[C@@H](O)C(F)(F)c1ccc(I)cc1. The van der Waals surface area contributed by atoms with E-state index in [1.165, 1.54) is 18.2 Å². The van der Waals surface area contributed by atoms with E-state index in [4.69, 9.17) is 4.74 Å². The van der Waals surface area contributed by atoms with E-state index >= 15 is 0 Å². The normalized spacial score (nSPS) is 18.0. The van der Waals surface area contributed by atoms with Crippen LogP contribution in [0.25, 0.3) is 0 Å². The molecule has 0 aliphatic carbocycles. The maximum Gasteiger partial charge on any atom is 0.305 e. The lowest BCUT2D eigenvalue weighted by atomic mass is 10.0. The summed E-state index contributed by atoms with van der Waals surface area (Å²) < 4.78 is 34.8. The van der Waals surface area contributed by atoms with Crippen molar-refractivity contribution >= 4 is 34.5 Å². The minimum absolute atomic E-state index is 0.0000538. The average molecular weight is 549 g/mol. The summed E-state index contributed by atoms with van der Waals surface area (Å²) >= 11 is 2.03. The van der Waals surface area contributed by atoms with Gasteiger partial charge in [0.1, 0.15) is 6.10 Å². The molecular formula is C23H30F2INO4. The maximum absolute atomic E-state index is 14.5. The minimum Gasteiger partial charge on any atom is -0.466 e. The highest BCUT2D eigenvalue weighted by Crippen LogP contribution is 2.33. The molecule has 2 rings (SSSR count). The molecule has 172 valence electrons. The Labute approximate surface area is 196 Å². The zero-order valence-corrected chi connectivity index (χ0v) is 19.9. The van der Waals surface area contributed by atoms with E-state index in [1.807, 2.05) is 22.6 Å². The number of carbonyl (C=O) groups excluding carboxylic acids is 2. The highest BCUT2D eigenvalue weighted by molar-refractivity contribution is 14.1. The number of esters is 1. The number of halogens is 3. The van der Waals surface area contributed by atoms with Crippen molar-refractivity contribution in [3.05, 3.63) is 45.6 Å². The molecule has 1 N–H and O–H groups in total. The van der Waals surface area contributed by atoms with E-state index in [0.717, 1.165) is 35.3 Å². The van der Waals surface area contributed by atoms with Gasteiger partial charge in [0.05, 0.1) is 12.6 Å². The van der Waals surface area contributed by atoms with Crippen LogP contribution in [0, 0.1) is 3.57 Å². The van der Waals surface area contributed by atoms with Gasteiger partial charge in [-0.15, -0.1) is 0 Å². The summed E-state index contributed by atoms with van der Waals surface area (Å²) in [4.78, 5) is 25.2. The third kappa shape index (κ3) is 7.82. The molecule has 31 heavy (non-hydrogen) atoms. The number of aliphatic hydroxyl groups is 1. The van der Waals surface area contributed by atoms with Crippen molar-refractivity contribution in [1.29, 1.82) is 0 Å². The van der Waals surface area contributed by atoms with Crippen LogP contribution in [0.3, 0.4) is 0 Å². The van der Waals surface area contributed by atoms with Gasteiger partial charge in [0.15, 0.2) is 0 Å². The van der Waals surface area contributed by atoms with Gasteiger partial charge in [0.25, 0.3) is 0 Å². The van der Waals surface area contributed by atoms with Crippen molar-refractivity contribution in [3.63, 3.8) is 0 Å². The average Bonchev–Trinajstić information content (AvgIpc) is 3.08. The fraction of sp³-hybridized carbons (Fsp3) is 0.565. The van der Waals surface area contributed by atoms with Crippen molar-refractivity contribution < 1.29 is 28.2 Å². The van der Waals surface area contributed by atoms with Crippen molar-refractivity contribution in [3.8, 4) is 0 Å². The molecule has 1 aliphatic heterocycles. The molecular weight excluding hydrogens is 519 g/mol. The van der Waals surface area contributed by atoms with Gasteiger partial charge in [-0.05, 0) is 60.9 Å². The number of likely N-dealkylation sites (tertiary alicyclic amines) is 1. The summed E-state index contributed by atoms with van der Waals surface area (Å²) in [5.74, 6) is -3.60. The zero-order chi connectivity index (χ0) is 22.9. The number of hydrogen-bond donors (Lipinski definition) is 1. The van der Waals surface area contributed by atoms with E-state index in [9.17, 15) is 23.5 Å². The van der Waals surface area contributed by atoms with E-state index in [1.54, 1.807) is 24.0 Å². The highest BCUT2D eigenvalue weighted by Gasteiger charge is 2.39. The summed E-state index contributed by atoms with van der Waals surface area (Å²) in [6.07, 6.45) is 5.25. The monoisotopic (exact) mass is 549 g/mol. The van der Waals surface area contributed by atoms with Crippen LogP contribution < -0.4 is 0 Å². The Morgan fingerprint density at radius 3 is 2.65 bits per heavy atom. The first kappa shape index (κ1) is 25.7. The second kappa shape index (κ2) is 12.5. The van der Waals surface area contributed by atoms with Gasteiger partial charge in [0, 0.05) is 28.5 Å². The third-order valence-corrected chi connectivity index (χ3v) is 6.05. The van der Waals surface area contributed by atoms with Crippen molar-refractivity contribution in [1.82, 2.24) is 4.90 Å². The topological polar surface area (TPSA) is 66.8 Å². The van der Waals surface area contributed by atoms with Crippen molar-refractivity contribution in [2.24, 2.45) is 0 Å². The predicted octanol–water partition coefficient (Wildman–Crippen LogP) is 4.80. The molecule has 0 bridgehead atoms. The summed E-state index contributed by atoms with van der Waals surface area (Å²) in [7, 11) is 0. The number of rotatable bonds is 12. The molecule has 1 aromatic rings. The Kier molecular flexibility index (Phi) is 10.3. The quantitative estimate of drug-likeness (QED) is 0.176. The summed E-state index contributed by atoms with van der Waals surface area (Å²) in [5.41, 5.74) is -0.243. The van der Waals surface area contributed by atoms with E-state index < -0.39 is 12.0 Å². The largest absolute Gasteiger partial charge is 0.466 e. The molecule has 0 spiro atoms. The Hall–Kier alpha value is -1.55. The molecule has 0 saturated carbocycles. The Morgan fingerprint density at radius 2 is 1.97 bits per heavy atom. The molecule has 1 aliphatic rings. The molecule has 1 amide bonds. The second-order valence-corrected chi connectivity index (χ2v) is 8.87. The molecule has 0 radical (unpaired) electrons. The van der Waals surface area contributed by atoms with E-state index in [-0.39, 0.29) is 23.5 Å². The van der Waals surface area contributed by atoms with Crippen LogP contribution in [0.1, 0.15) is 57.4 Å². The number of amides is 1. The highest BCUT2D eigenvalue weighted by atomic mass is 127. The predicted molar refractivity (Wildman–Crippen MR) is 123 cm³/mol.